The summed E-state index contributed by atoms with van der Waals surface area (Å²) in [5.74, 6) is -2.11. The smallest absolute Gasteiger partial charge is 0.347 e. The number of benzene rings is 1. The van der Waals surface area contributed by atoms with Crippen molar-refractivity contribution in [2.24, 2.45) is 0 Å². The molecule has 0 radical (unpaired) electrons. The van der Waals surface area contributed by atoms with Crippen LogP contribution in [0.1, 0.15) is 35.7 Å². The average molecular weight is 346 g/mol. The lowest BCUT2D eigenvalue weighted by atomic mass is 9.97. The third-order valence-electron chi connectivity index (χ3n) is 4.07. The number of piperidine rings is 1. The third kappa shape index (κ3) is 4.04. The zero-order valence-corrected chi connectivity index (χ0v) is 13.3. The Morgan fingerprint density at radius 3 is 2.46 bits per heavy atom. The summed E-state index contributed by atoms with van der Waals surface area (Å²) in [6.45, 7) is 2.48. The number of rotatable bonds is 2. The van der Waals surface area contributed by atoms with Crippen LogP contribution in [0.15, 0.2) is 18.2 Å². The summed E-state index contributed by atoms with van der Waals surface area (Å²) in [5.41, 5.74) is 0.477. The van der Waals surface area contributed by atoms with Crippen molar-refractivity contribution < 1.29 is 27.2 Å². The molecular weight excluding hydrogens is 328 g/mol. The second kappa shape index (κ2) is 6.78. The molecule has 1 saturated heterocycles. The quantitative estimate of drug-likeness (QED) is 0.837. The topological polar surface area (TPSA) is 49.4 Å². The summed E-state index contributed by atoms with van der Waals surface area (Å²) in [6.07, 6.45) is -4.75. The molecule has 0 aliphatic carbocycles. The molecule has 0 aromatic heterocycles. The molecule has 0 bridgehead atoms. The Morgan fingerprint density at radius 1 is 1.25 bits per heavy atom. The molecule has 1 fully saturated rings. The van der Waals surface area contributed by atoms with Crippen molar-refractivity contribution >= 4 is 11.8 Å². The zero-order chi connectivity index (χ0) is 18.1. The Morgan fingerprint density at radius 2 is 1.92 bits per heavy atom. The lowest BCUT2D eigenvalue weighted by Crippen LogP contribution is -2.57. The molecule has 24 heavy (non-hydrogen) atoms. The van der Waals surface area contributed by atoms with Crippen LogP contribution in [-0.4, -0.2) is 41.5 Å². The molecule has 0 saturated carbocycles. The first-order chi connectivity index (χ1) is 11.1. The van der Waals surface area contributed by atoms with E-state index < -0.39 is 35.9 Å². The normalized spacial score (nSPS) is 21.5. The van der Waals surface area contributed by atoms with Gasteiger partial charge in [0.1, 0.15) is 11.9 Å². The predicted molar refractivity (Wildman–Crippen MR) is 78.9 cm³/mol. The number of carbonyl (C=O) groups excluding carboxylic acids is 2. The highest BCUT2D eigenvalue weighted by atomic mass is 19.4. The Labute approximate surface area is 136 Å². The molecule has 1 aromatic carbocycles. The van der Waals surface area contributed by atoms with Crippen LogP contribution in [0.4, 0.5) is 17.6 Å². The van der Waals surface area contributed by atoms with Crippen molar-refractivity contribution in [3.63, 3.8) is 0 Å². The Bertz CT molecular complexity index is 645. The van der Waals surface area contributed by atoms with E-state index in [9.17, 15) is 27.2 Å². The fraction of sp³-hybridized carbons (Fsp3) is 0.500. The molecule has 132 valence electrons. The number of amides is 2. The van der Waals surface area contributed by atoms with Crippen molar-refractivity contribution in [3.8, 4) is 0 Å². The summed E-state index contributed by atoms with van der Waals surface area (Å²) in [4.78, 5) is 24.3. The van der Waals surface area contributed by atoms with Crippen molar-refractivity contribution in [2.75, 3.05) is 6.54 Å². The van der Waals surface area contributed by atoms with Gasteiger partial charge in [-0.3, -0.25) is 9.59 Å². The second-order valence-corrected chi connectivity index (χ2v) is 5.96. The summed E-state index contributed by atoms with van der Waals surface area (Å²) in [7, 11) is 0. The van der Waals surface area contributed by atoms with E-state index >= 15 is 0 Å². The molecule has 8 heteroatoms. The number of nitrogens with one attached hydrogen (secondary N) is 1. The summed E-state index contributed by atoms with van der Waals surface area (Å²) >= 11 is 0. The number of likely N-dealkylation sites (tertiary alicyclic amines) is 1. The highest BCUT2D eigenvalue weighted by Gasteiger charge is 2.47. The van der Waals surface area contributed by atoms with Crippen LogP contribution in [0.5, 0.6) is 0 Å². The highest BCUT2D eigenvalue weighted by Crippen LogP contribution is 2.32. The SMILES string of the molecule is CC(=O)N1CC(NC(=O)c2ccc(C)cc2F)CCC1C(F)(F)F. The fourth-order valence-corrected chi connectivity index (χ4v) is 2.84. The number of aryl methyl sites for hydroxylation is 1. The van der Waals surface area contributed by atoms with E-state index in [1.54, 1.807) is 13.0 Å². The Kier molecular flexibility index (Phi) is 5.15. The van der Waals surface area contributed by atoms with Gasteiger partial charge in [0.25, 0.3) is 5.91 Å². The maximum atomic E-state index is 13.8. The summed E-state index contributed by atoms with van der Waals surface area (Å²) in [6, 6.07) is 1.60. The molecule has 2 atom stereocenters. The largest absolute Gasteiger partial charge is 0.408 e. The molecule has 1 N–H and O–H groups in total. The number of carbonyl (C=O) groups is 2. The van der Waals surface area contributed by atoms with Crippen LogP contribution in [0, 0.1) is 12.7 Å². The first-order valence-electron chi connectivity index (χ1n) is 7.50. The number of hydrogen-bond donors (Lipinski definition) is 1. The highest BCUT2D eigenvalue weighted by molar-refractivity contribution is 5.94. The number of halogens is 4. The molecule has 1 heterocycles. The van der Waals surface area contributed by atoms with Gasteiger partial charge in [0.2, 0.25) is 5.91 Å². The predicted octanol–water partition coefficient (Wildman–Crippen LogP) is 2.81. The fourth-order valence-electron chi connectivity index (χ4n) is 2.84. The monoisotopic (exact) mass is 346 g/mol. The lowest BCUT2D eigenvalue weighted by molar-refractivity contribution is -0.196. The molecule has 1 aromatic rings. The van der Waals surface area contributed by atoms with Gasteiger partial charge in [-0.15, -0.1) is 0 Å². The number of nitrogens with zero attached hydrogens (tertiary/aromatic N) is 1. The Balaban J connectivity index is 2.09. The van der Waals surface area contributed by atoms with Crippen molar-refractivity contribution in [3.05, 3.63) is 35.1 Å². The van der Waals surface area contributed by atoms with Crippen LogP contribution in [0.2, 0.25) is 0 Å². The minimum atomic E-state index is -4.51. The van der Waals surface area contributed by atoms with Crippen LogP contribution in [0.25, 0.3) is 0 Å². The Hall–Kier alpha value is -2.12. The minimum Gasteiger partial charge on any atom is -0.347 e. The van der Waals surface area contributed by atoms with Crippen molar-refractivity contribution in [2.45, 2.75) is 44.9 Å². The van der Waals surface area contributed by atoms with Gasteiger partial charge >= 0.3 is 6.18 Å². The molecule has 1 aliphatic rings. The molecule has 1 aliphatic heterocycles. The van der Waals surface area contributed by atoms with E-state index in [1.807, 2.05) is 0 Å². The number of alkyl halides is 3. The maximum Gasteiger partial charge on any atom is 0.408 e. The van der Waals surface area contributed by atoms with E-state index in [-0.39, 0.29) is 24.9 Å². The van der Waals surface area contributed by atoms with Gasteiger partial charge < -0.3 is 10.2 Å². The van der Waals surface area contributed by atoms with Crippen molar-refractivity contribution in [1.29, 1.82) is 0 Å². The molecule has 4 nitrogen and oxygen atoms in total. The molecular formula is C16H18F4N2O2. The van der Waals surface area contributed by atoms with Gasteiger partial charge in [-0.2, -0.15) is 13.2 Å². The second-order valence-electron chi connectivity index (χ2n) is 5.96. The zero-order valence-electron chi connectivity index (χ0n) is 13.3. The minimum absolute atomic E-state index is 0.0627. The van der Waals surface area contributed by atoms with Gasteiger partial charge in [0, 0.05) is 19.5 Å². The lowest BCUT2D eigenvalue weighted by Gasteiger charge is -2.40. The molecule has 2 unspecified atom stereocenters. The number of hydrogen-bond acceptors (Lipinski definition) is 2. The first-order valence-corrected chi connectivity index (χ1v) is 7.50. The van der Waals surface area contributed by atoms with Gasteiger partial charge in [-0.1, -0.05) is 6.07 Å². The van der Waals surface area contributed by atoms with Gasteiger partial charge in [0.05, 0.1) is 5.56 Å². The third-order valence-corrected chi connectivity index (χ3v) is 4.07. The maximum absolute atomic E-state index is 13.8. The van der Waals surface area contributed by atoms with Crippen LogP contribution < -0.4 is 5.32 Å². The van der Waals surface area contributed by atoms with Gasteiger partial charge in [0.15, 0.2) is 0 Å². The molecule has 2 rings (SSSR count). The van der Waals surface area contributed by atoms with E-state index in [4.69, 9.17) is 0 Å². The van der Waals surface area contributed by atoms with Crippen LogP contribution in [0.3, 0.4) is 0 Å². The summed E-state index contributed by atoms with van der Waals surface area (Å²) < 4.78 is 52.7. The molecule has 0 spiro atoms. The van der Waals surface area contributed by atoms with E-state index in [2.05, 4.69) is 5.32 Å². The van der Waals surface area contributed by atoms with E-state index in [0.29, 0.717) is 10.5 Å². The van der Waals surface area contributed by atoms with Crippen molar-refractivity contribution in [1.82, 2.24) is 10.2 Å². The first kappa shape index (κ1) is 18.2. The van der Waals surface area contributed by atoms with Crippen LogP contribution >= 0.6 is 0 Å². The standard InChI is InChI=1S/C16H18F4N2O2/c1-9-3-5-12(13(17)7-9)15(24)21-11-4-6-14(16(18,19)20)22(8-11)10(2)23/h3,5,7,11,14H,4,6,8H2,1-2H3,(H,21,24). The van der Waals surface area contributed by atoms with Gasteiger partial charge in [-0.05, 0) is 37.5 Å². The van der Waals surface area contributed by atoms with Crippen LogP contribution in [-0.2, 0) is 4.79 Å². The summed E-state index contributed by atoms with van der Waals surface area (Å²) in [5, 5.41) is 2.51. The average Bonchev–Trinajstić information content (AvgIpc) is 2.45. The molecule has 2 amide bonds. The van der Waals surface area contributed by atoms with E-state index in [1.165, 1.54) is 12.1 Å². The van der Waals surface area contributed by atoms with E-state index in [0.717, 1.165) is 6.92 Å². The van der Waals surface area contributed by atoms with Gasteiger partial charge in [-0.25, -0.2) is 4.39 Å².